The number of rotatable bonds is 4. The van der Waals surface area contributed by atoms with Crippen LogP contribution in [-0.2, 0) is 6.86 Å². The van der Waals surface area contributed by atoms with Crippen molar-refractivity contribution in [3.8, 4) is 0 Å². The molecular weight excluding hydrogens is 550 g/mol. The molecule has 2 aliphatic rings. The Morgan fingerprint density at radius 2 is 0.964 bits per heavy atom. The van der Waals surface area contributed by atoms with Crippen molar-refractivity contribution in [2.24, 2.45) is 5.92 Å². The Balaban J connectivity index is 2.02. The van der Waals surface area contributed by atoms with Gasteiger partial charge in [-0.05, 0) is 0 Å². The molecule has 4 rings (SSSR count). The average Bonchev–Trinajstić information content (AvgIpc) is 3.21. The van der Waals surface area contributed by atoms with Gasteiger partial charge in [-0.15, -0.1) is 0 Å². The van der Waals surface area contributed by atoms with Gasteiger partial charge in [0.05, 0.1) is 0 Å². The van der Waals surface area contributed by atoms with Crippen LogP contribution in [0, 0.1) is 5.92 Å². The molecule has 0 N–H and O–H groups in total. The minimum atomic E-state index is -2.47. The van der Waals surface area contributed by atoms with Gasteiger partial charge < -0.3 is 0 Å². The SMILES string of the molecule is CC([C]1([Sn]([CH3])([CH3])[CH3])C=Cc2ccccc21)[C]1([Sn]([CH3])([CH3])[CH3])C=Cc2ccccc21. The molecule has 0 radical (unpaired) electrons. The molecule has 0 aromatic heterocycles. The third kappa shape index (κ3) is 2.69. The average molecular weight is 584 g/mol. The zero-order valence-electron chi connectivity index (χ0n) is 18.5. The van der Waals surface area contributed by atoms with E-state index in [9.17, 15) is 0 Å². The standard InChI is InChI=1S/C20H16.6CH3.2Sn/c1-14(17-12-10-15-6-2-4-8-19(15)17)18-13-11-16-7-3-5-9-20(16)18;;;;;;;;/h2-14H,1H3;6*1H3;;. The van der Waals surface area contributed by atoms with Crippen LogP contribution < -0.4 is 0 Å². The van der Waals surface area contributed by atoms with Gasteiger partial charge in [0, 0.05) is 0 Å². The topological polar surface area (TPSA) is 0 Å². The van der Waals surface area contributed by atoms with Crippen LogP contribution in [0.2, 0.25) is 29.6 Å². The first kappa shape index (κ1) is 20.8. The Labute approximate surface area is 179 Å². The summed E-state index contributed by atoms with van der Waals surface area (Å²) in [6.07, 6.45) is 10.2. The van der Waals surface area contributed by atoms with E-state index in [4.69, 9.17) is 0 Å². The van der Waals surface area contributed by atoms with Crippen LogP contribution in [0.4, 0.5) is 0 Å². The van der Waals surface area contributed by atoms with E-state index in [1.807, 2.05) is 0 Å². The molecule has 146 valence electrons. The fourth-order valence-electron chi connectivity index (χ4n) is 6.38. The maximum atomic E-state index is 2.65. The Morgan fingerprint density at radius 3 is 1.32 bits per heavy atom. The predicted octanol–water partition coefficient (Wildman–Crippen LogP) is 7.31. The monoisotopic (exact) mass is 586 g/mol. The Hall–Kier alpha value is -0.483. The van der Waals surface area contributed by atoms with Crippen LogP contribution in [0.5, 0.6) is 0 Å². The van der Waals surface area contributed by atoms with Gasteiger partial charge in [-0.25, -0.2) is 0 Å². The Kier molecular flexibility index (Phi) is 5.02. The molecule has 0 aliphatic heterocycles. The number of hydrogen-bond acceptors (Lipinski definition) is 0. The normalized spacial score (nSPS) is 27.0. The molecule has 0 saturated heterocycles. The molecule has 0 heterocycles. The van der Waals surface area contributed by atoms with E-state index in [-0.39, 0.29) is 6.86 Å². The summed E-state index contributed by atoms with van der Waals surface area (Å²) in [5, 5.41) is 0. The summed E-state index contributed by atoms with van der Waals surface area (Å²) >= 11 is -4.94. The van der Waals surface area contributed by atoms with Gasteiger partial charge in [0.1, 0.15) is 0 Å². The number of allylic oxidation sites excluding steroid dienone is 2. The van der Waals surface area contributed by atoms with E-state index in [1.54, 1.807) is 11.1 Å². The van der Waals surface area contributed by atoms with Crippen molar-refractivity contribution in [1.82, 2.24) is 0 Å². The number of hydrogen-bond donors (Lipinski definition) is 0. The zero-order valence-corrected chi connectivity index (χ0v) is 24.2. The third-order valence-electron chi connectivity index (χ3n) is 7.71. The summed E-state index contributed by atoms with van der Waals surface area (Å²) in [6.45, 7) is 2.60. The van der Waals surface area contributed by atoms with E-state index >= 15 is 0 Å². The summed E-state index contributed by atoms with van der Waals surface area (Å²) in [6, 6.07) is 18.4. The van der Waals surface area contributed by atoms with Crippen LogP contribution in [0.3, 0.4) is 0 Å². The summed E-state index contributed by atoms with van der Waals surface area (Å²) in [7, 11) is 0. The van der Waals surface area contributed by atoms with Gasteiger partial charge in [0.2, 0.25) is 0 Å². The van der Waals surface area contributed by atoms with E-state index in [0.29, 0.717) is 5.92 Å². The first-order valence-corrected chi connectivity index (χ1v) is 30.6. The van der Waals surface area contributed by atoms with Crippen LogP contribution in [0.1, 0.15) is 29.2 Å². The van der Waals surface area contributed by atoms with Crippen molar-refractivity contribution >= 4 is 48.9 Å². The van der Waals surface area contributed by atoms with Gasteiger partial charge >= 0.3 is 181 Å². The second kappa shape index (κ2) is 6.77. The van der Waals surface area contributed by atoms with Crippen molar-refractivity contribution in [3.63, 3.8) is 0 Å². The van der Waals surface area contributed by atoms with Crippen LogP contribution in [0.15, 0.2) is 60.7 Å². The van der Waals surface area contributed by atoms with E-state index in [1.165, 1.54) is 11.1 Å². The molecule has 0 nitrogen and oxygen atoms in total. The van der Waals surface area contributed by atoms with Crippen molar-refractivity contribution < 1.29 is 0 Å². The van der Waals surface area contributed by atoms with Gasteiger partial charge in [-0.3, -0.25) is 0 Å². The van der Waals surface area contributed by atoms with Crippen molar-refractivity contribution in [1.29, 1.82) is 0 Å². The summed E-state index contributed by atoms with van der Waals surface area (Å²) < 4.78 is 0.467. The second-order valence-electron chi connectivity index (χ2n) is 10.8. The molecule has 0 saturated carbocycles. The molecule has 2 atom stereocenters. The third-order valence-corrected chi connectivity index (χ3v) is 26.8. The van der Waals surface area contributed by atoms with Crippen molar-refractivity contribution in [2.45, 2.75) is 43.4 Å². The van der Waals surface area contributed by atoms with Crippen molar-refractivity contribution in [2.75, 3.05) is 0 Å². The second-order valence-corrected chi connectivity index (χ2v) is 41.2. The predicted molar refractivity (Wildman–Crippen MR) is 130 cm³/mol. The fourth-order valence-corrected chi connectivity index (χ4v) is 25.5. The molecule has 2 unspecified atom stereocenters. The van der Waals surface area contributed by atoms with Crippen LogP contribution in [0.25, 0.3) is 12.2 Å². The molecule has 2 aromatic carbocycles. The van der Waals surface area contributed by atoms with Crippen LogP contribution in [-0.4, -0.2) is 36.8 Å². The van der Waals surface area contributed by atoms with E-state index in [0.717, 1.165) is 0 Å². The zero-order chi connectivity index (χ0) is 20.4. The molecule has 2 aromatic rings. The summed E-state index contributed by atoms with van der Waals surface area (Å²) in [5.74, 6) is 0.589. The summed E-state index contributed by atoms with van der Waals surface area (Å²) in [4.78, 5) is 15.9. The maximum absolute atomic E-state index is 2.65. The van der Waals surface area contributed by atoms with Gasteiger partial charge in [0.15, 0.2) is 0 Å². The molecule has 0 bridgehead atoms. The van der Waals surface area contributed by atoms with Gasteiger partial charge in [-0.1, -0.05) is 0 Å². The van der Waals surface area contributed by atoms with Gasteiger partial charge in [0.25, 0.3) is 0 Å². The van der Waals surface area contributed by atoms with E-state index < -0.39 is 36.8 Å². The molecule has 0 fully saturated rings. The quantitative estimate of drug-likeness (QED) is 0.331. The number of benzene rings is 2. The molecule has 2 aliphatic carbocycles. The first-order chi connectivity index (χ1) is 13.1. The Morgan fingerprint density at radius 1 is 0.607 bits per heavy atom. The molecule has 2 heteroatoms. The van der Waals surface area contributed by atoms with Gasteiger partial charge in [-0.2, -0.15) is 0 Å². The summed E-state index contributed by atoms with van der Waals surface area (Å²) in [5.41, 5.74) is 6.13. The fraction of sp³-hybridized carbons (Fsp3) is 0.385. The molecule has 0 amide bonds. The Bertz CT molecular complexity index is 891. The molecular formula is C26H34Sn2. The van der Waals surface area contributed by atoms with Crippen LogP contribution >= 0.6 is 0 Å². The van der Waals surface area contributed by atoms with E-state index in [2.05, 4.69) is 109 Å². The van der Waals surface area contributed by atoms with Crippen molar-refractivity contribution in [3.05, 3.63) is 82.9 Å². The molecule has 0 spiro atoms. The minimum absolute atomic E-state index is 0.233. The first-order valence-electron chi connectivity index (χ1n) is 10.6. The number of fused-ring (bicyclic) bond motifs is 2. The molecule has 28 heavy (non-hydrogen) atoms.